The van der Waals surface area contributed by atoms with Crippen LogP contribution in [0.1, 0.15) is 35.1 Å². The number of nitrogens with zero attached hydrogens (tertiary/aromatic N) is 5. The lowest BCUT2D eigenvalue weighted by molar-refractivity contribution is 0.354. The maximum absolute atomic E-state index is 5.92. The van der Waals surface area contributed by atoms with Crippen LogP contribution in [-0.2, 0) is 20.0 Å². The summed E-state index contributed by atoms with van der Waals surface area (Å²) in [6, 6.07) is 12.8. The molecule has 1 fully saturated rings. The van der Waals surface area contributed by atoms with Gasteiger partial charge in [0.05, 0.1) is 10.4 Å². The molecule has 8 nitrogen and oxygen atoms in total. The van der Waals surface area contributed by atoms with Gasteiger partial charge in [-0.1, -0.05) is 36.5 Å². The van der Waals surface area contributed by atoms with Crippen molar-refractivity contribution >= 4 is 51.4 Å². The van der Waals surface area contributed by atoms with Crippen LogP contribution >= 0.6 is 12.2 Å². The number of hydrogen-bond donors (Lipinski definition) is 3. The van der Waals surface area contributed by atoms with Gasteiger partial charge >= 0.3 is 0 Å². The van der Waals surface area contributed by atoms with Gasteiger partial charge in [-0.2, -0.15) is 10.1 Å². The minimum absolute atomic E-state index is 0.516. The Hall–Kier alpha value is -3.56. The fourth-order valence-electron chi connectivity index (χ4n) is 5.60. The van der Waals surface area contributed by atoms with E-state index in [0.717, 1.165) is 78.7 Å². The van der Waals surface area contributed by atoms with Gasteiger partial charge in [0.1, 0.15) is 0 Å². The molecule has 2 aromatic carbocycles. The highest BCUT2D eigenvalue weighted by atomic mass is 32.1. The minimum Gasteiger partial charge on any atom is -0.361 e. The predicted octanol–water partition coefficient (Wildman–Crippen LogP) is 5.15. The monoisotopic (exact) mass is 526 g/mol. The molecule has 0 aliphatic carbocycles. The Balaban J connectivity index is 1.20. The fraction of sp³-hybridized carbons (Fsp3) is 0.379. The molecule has 4 heterocycles. The number of benzene rings is 2. The molecule has 0 bridgehead atoms. The van der Waals surface area contributed by atoms with Crippen LogP contribution in [0, 0.1) is 19.8 Å². The third-order valence-electron chi connectivity index (χ3n) is 7.78. The summed E-state index contributed by atoms with van der Waals surface area (Å²) in [7, 11) is 1.91. The van der Waals surface area contributed by atoms with Gasteiger partial charge in [-0.3, -0.25) is 0 Å². The molecule has 0 atom stereocenters. The molecule has 0 amide bonds. The molecule has 4 aromatic rings. The SMILES string of the molecule is Cc1cccc(C)c1Nc1nn(C)c2nc(Nc3ccc4c(c3)CN(C(=S)C3CCNCC3)CC4)ncc12. The first kappa shape index (κ1) is 24.8. The zero-order valence-electron chi connectivity index (χ0n) is 22.2. The van der Waals surface area contributed by atoms with Crippen LogP contribution in [0.4, 0.5) is 23.1 Å². The number of fused-ring (bicyclic) bond motifs is 2. The zero-order chi connectivity index (χ0) is 26.2. The molecule has 6 rings (SSSR count). The fourth-order valence-corrected chi connectivity index (χ4v) is 5.99. The maximum atomic E-state index is 5.92. The lowest BCUT2D eigenvalue weighted by Crippen LogP contribution is -2.42. The number of para-hydroxylation sites is 1. The highest BCUT2D eigenvalue weighted by Gasteiger charge is 2.25. The third kappa shape index (κ3) is 4.83. The number of rotatable bonds is 5. The van der Waals surface area contributed by atoms with E-state index in [0.29, 0.717) is 11.9 Å². The van der Waals surface area contributed by atoms with E-state index >= 15 is 0 Å². The number of anilines is 4. The third-order valence-corrected chi connectivity index (χ3v) is 8.37. The van der Waals surface area contributed by atoms with Gasteiger partial charge in [-0.15, -0.1) is 0 Å². The van der Waals surface area contributed by atoms with Crippen LogP contribution < -0.4 is 16.0 Å². The van der Waals surface area contributed by atoms with Gasteiger partial charge in [0.25, 0.3) is 0 Å². The van der Waals surface area contributed by atoms with E-state index in [4.69, 9.17) is 17.2 Å². The normalized spacial score (nSPS) is 15.9. The average molecular weight is 527 g/mol. The first-order chi connectivity index (χ1) is 18.5. The Kier molecular flexibility index (Phi) is 6.71. The summed E-state index contributed by atoms with van der Waals surface area (Å²) in [6.07, 6.45) is 5.14. The van der Waals surface area contributed by atoms with E-state index in [1.54, 1.807) is 4.68 Å². The molecular formula is C29H34N8S. The molecule has 9 heteroatoms. The van der Waals surface area contributed by atoms with Crippen molar-refractivity contribution in [2.24, 2.45) is 13.0 Å². The molecule has 0 saturated carbocycles. The van der Waals surface area contributed by atoms with Crippen LogP contribution in [0.15, 0.2) is 42.6 Å². The summed E-state index contributed by atoms with van der Waals surface area (Å²) in [4.78, 5) is 13.0. The number of nitrogens with one attached hydrogen (secondary N) is 3. The Bertz CT molecular complexity index is 1480. The molecule has 1 saturated heterocycles. The second-order valence-corrected chi connectivity index (χ2v) is 10.9. The van der Waals surface area contributed by atoms with Crippen molar-refractivity contribution < 1.29 is 0 Å². The Labute approximate surface area is 228 Å². The van der Waals surface area contributed by atoms with Crippen molar-refractivity contribution in [3.8, 4) is 0 Å². The quantitative estimate of drug-likeness (QED) is 0.308. The second-order valence-electron chi connectivity index (χ2n) is 10.4. The number of aromatic nitrogens is 4. The van der Waals surface area contributed by atoms with Crippen LogP contribution in [0.3, 0.4) is 0 Å². The summed E-state index contributed by atoms with van der Waals surface area (Å²) in [5, 5.41) is 15.9. The lowest BCUT2D eigenvalue weighted by Gasteiger charge is -2.36. The zero-order valence-corrected chi connectivity index (χ0v) is 23.0. The van der Waals surface area contributed by atoms with Crippen LogP contribution in [0.2, 0.25) is 0 Å². The first-order valence-corrected chi connectivity index (χ1v) is 13.8. The van der Waals surface area contributed by atoms with E-state index in [1.165, 1.54) is 22.3 Å². The lowest BCUT2D eigenvalue weighted by atomic mass is 9.94. The molecule has 196 valence electrons. The maximum Gasteiger partial charge on any atom is 0.229 e. The van der Waals surface area contributed by atoms with Crippen molar-refractivity contribution in [2.45, 2.75) is 39.7 Å². The highest BCUT2D eigenvalue weighted by Crippen LogP contribution is 2.30. The largest absolute Gasteiger partial charge is 0.361 e. The van der Waals surface area contributed by atoms with Gasteiger partial charge in [0, 0.05) is 43.6 Å². The summed E-state index contributed by atoms with van der Waals surface area (Å²) >= 11 is 5.92. The molecule has 2 aromatic heterocycles. The molecule has 38 heavy (non-hydrogen) atoms. The standard InChI is InChI=1S/C29H34N8S/c1-18-5-4-6-19(2)25(18)33-26-24-16-31-29(34-27(24)36(3)35-26)32-23-8-7-20-11-14-37(17-22(20)15-23)28(38)21-9-12-30-13-10-21/h4-8,15-16,21,30H,9-14,17H2,1-3H3,(H,33,35)(H,31,32,34). The van der Waals surface area contributed by atoms with Crippen molar-refractivity contribution in [2.75, 3.05) is 30.3 Å². The van der Waals surface area contributed by atoms with Gasteiger partial charge in [-0.25, -0.2) is 9.67 Å². The van der Waals surface area contributed by atoms with Crippen molar-refractivity contribution in [1.29, 1.82) is 0 Å². The number of thiocarbonyl (C=S) groups is 1. The molecule has 2 aliphatic heterocycles. The van der Waals surface area contributed by atoms with Gasteiger partial charge < -0.3 is 20.9 Å². The van der Waals surface area contributed by atoms with Crippen LogP contribution in [0.25, 0.3) is 11.0 Å². The number of aryl methyl sites for hydroxylation is 3. The summed E-state index contributed by atoms with van der Waals surface area (Å²) < 4.78 is 1.80. The Morgan fingerprint density at radius 3 is 2.63 bits per heavy atom. The number of hydrogen-bond acceptors (Lipinski definition) is 7. The van der Waals surface area contributed by atoms with Crippen molar-refractivity contribution in [3.05, 3.63) is 64.8 Å². The van der Waals surface area contributed by atoms with Crippen molar-refractivity contribution in [3.63, 3.8) is 0 Å². The smallest absolute Gasteiger partial charge is 0.229 e. The van der Waals surface area contributed by atoms with Gasteiger partial charge in [-0.05, 0) is 80.6 Å². The van der Waals surface area contributed by atoms with Crippen LogP contribution in [-0.4, -0.2) is 49.3 Å². The Morgan fingerprint density at radius 2 is 1.84 bits per heavy atom. The molecule has 2 aliphatic rings. The topological polar surface area (TPSA) is 82.9 Å². The summed E-state index contributed by atoms with van der Waals surface area (Å²) in [6.45, 7) is 8.18. The molecule has 0 unspecified atom stereocenters. The van der Waals surface area contributed by atoms with E-state index in [2.05, 4.69) is 81.2 Å². The van der Waals surface area contributed by atoms with E-state index in [9.17, 15) is 0 Å². The van der Waals surface area contributed by atoms with E-state index in [1.807, 2.05) is 13.2 Å². The van der Waals surface area contributed by atoms with Crippen LogP contribution in [0.5, 0.6) is 0 Å². The minimum atomic E-state index is 0.516. The van der Waals surface area contributed by atoms with Gasteiger partial charge in [0.2, 0.25) is 5.95 Å². The van der Waals surface area contributed by atoms with E-state index < -0.39 is 0 Å². The first-order valence-electron chi connectivity index (χ1n) is 13.4. The molecule has 0 radical (unpaired) electrons. The molecular weight excluding hydrogens is 492 g/mol. The van der Waals surface area contributed by atoms with Gasteiger partial charge in [0.15, 0.2) is 11.5 Å². The molecule has 3 N–H and O–H groups in total. The second kappa shape index (κ2) is 10.3. The summed E-state index contributed by atoms with van der Waals surface area (Å²) in [5.41, 5.74) is 7.87. The highest BCUT2D eigenvalue weighted by molar-refractivity contribution is 7.80. The average Bonchev–Trinajstić information content (AvgIpc) is 3.24. The summed E-state index contributed by atoms with van der Waals surface area (Å²) in [5.74, 6) is 1.82. The Morgan fingerprint density at radius 1 is 1.05 bits per heavy atom. The molecule has 0 spiro atoms. The van der Waals surface area contributed by atoms with Crippen molar-refractivity contribution in [1.82, 2.24) is 30.0 Å². The predicted molar refractivity (Wildman–Crippen MR) is 158 cm³/mol. The number of piperidine rings is 1. The van der Waals surface area contributed by atoms with E-state index in [-0.39, 0.29) is 0 Å².